The molecule has 0 radical (unpaired) electrons. The zero-order chi connectivity index (χ0) is 13.6. The summed E-state index contributed by atoms with van der Waals surface area (Å²) in [5.41, 5.74) is 2.39. The second-order valence-corrected chi connectivity index (χ2v) is 11.7. The molecule has 1 nitrogen and oxygen atoms in total. The molecule has 0 fully saturated rings. The lowest BCUT2D eigenvalue weighted by Crippen LogP contribution is -2.57. The summed E-state index contributed by atoms with van der Waals surface area (Å²) in [5, 5.41) is 0. The van der Waals surface area contributed by atoms with Crippen LogP contribution in [0.2, 0.25) is 16.6 Å². The van der Waals surface area contributed by atoms with E-state index < -0.39 is 8.24 Å². The molecule has 0 bridgehead atoms. The van der Waals surface area contributed by atoms with Crippen molar-refractivity contribution in [3.05, 3.63) is 12.3 Å². The fourth-order valence-electron chi connectivity index (χ4n) is 3.74. The van der Waals surface area contributed by atoms with Crippen LogP contribution >= 0.6 is 0 Å². The molecule has 0 rings (SSSR count). The van der Waals surface area contributed by atoms with Gasteiger partial charge in [-0.15, -0.1) is 0 Å². The molecule has 0 saturated carbocycles. The summed E-state index contributed by atoms with van der Waals surface area (Å²) in [6.45, 7) is 20.2. The van der Waals surface area contributed by atoms with Gasteiger partial charge in [0.15, 0.2) is 8.24 Å². The van der Waals surface area contributed by atoms with Gasteiger partial charge >= 0.3 is 0 Å². The zero-order valence-corrected chi connectivity index (χ0v) is 14.2. The Kier molecular flexibility index (Phi) is 7.15. The first-order valence-electron chi connectivity index (χ1n) is 7.28. The van der Waals surface area contributed by atoms with Gasteiger partial charge in [0.25, 0.3) is 0 Å². The summed E-state index contributed by atoms with van der Waals surface area (Å²) in [6, 6.07) is 0. The van der Waals surface area contributed by atoms with Gasteiger partial charge in [-0.2, -0.15) is 0 Å². The number of hydrogen-bond acceptors (Lipinski definition) is 1. The van der Waals surface area contributed by atoms with Crippen LogP contribution < -0.4 is 0 Å². The molecule has 0 aromatic heterocycles. The summed E-state index contributed by atoms with van der Waals surface area (Å²) in [7, 11) is -1.45. The molecule has 0 aliphatic heterocycles. The molecule has 102 valence electrons. The predicted molar refractivity (Wildman–Crippen MR) is 82.9 cm³/mol. The number of hydrogen-bond donors (Lipinski definition) is 0. The number of rotatable bonds is 7. The standard InChI is InChI=1S/C15H33NSi/c1-9-11-12-16(10-2)17(13(3)4,14(5)6)15(7)8/h11-15H,9-10H2,1-8H3. The lowest BCUT2D eigenvalue weighted by atomic mass is 10.5. The fraction of sp³-hybridized carbons (Fsp3) is 0.867. The Hall–Kier alpha value is -0.243. The second-order valence-electron chi connectivity index (χ2n) is 5.93. The lowest BCUT2D eigenvalue weighted by molar-refractivity contribution is 0.523. The van der Waals surface area contributed by atoms with Crippen LogP contribution in [-0.2, 0) is 0 Å². The summed E-state index contributed by atoms with van der Waals surface area (Å²) >= 11 is 0. The normalized spacial score (nSPS) is 13.4. The maximum Gasteiger partial charge on any atom is 0.163 e. The van der Waals surface area contributed by atoms with E-state index in [4.69, 9.17) is 0 Å². The number of allylic oxidation sites excluding steroid dienone is 1. The van der Waals surface area contributed by atoms with E-state index in [1.165, 1.54) is 0 Å². The monoisotopic (exact) mass is 255 g/mol. The summed E-state index contributed by atoms with van der Waals surface area (Å²) < 4.78 is 2.70. The molecule has 0 aromatic rings. The Bertz CT molecular complexity index is 209. The molecule has 0 heterocycles. The third-order valence-electron chi connectivity index (χ3n) is 4.13. The summed E-state index contributed by atoms with van der Waals surface area (Å²) in [6.07, 6.45) is 5.83. The van der Waals surface area contributed by atoms with E-state index >= 15 is 0 Å². The maximum absolute atomic E-state index is 2.70. The van der Waals surface area contributed by atoms with Crippen LogP contribution in [0.3, 0.4) is 0 Å². The minimum absolute atomic E-state index is 0.795. The van der Waals surface area contributed by atoms with Crippen LogP contribution in [0.5, 0.6) is 0 Å². The smallest absolute Gasteiger partial charge is 0.163 e. The fourth-order valence-corrected chi connectivity index (χ4v) is 10.6. The molecule has 0 N–H and O–H groups in total. The molecule has 0 amide bonds. The van der Waals surface area contributed by atoms with Crippen molar-refractivity contribution in [1.82, 2.24) is 4.57 Å². The largest absolute Gasteiger partial charge is 0.403 e. The summed E-state index contributed by atoms with van der Waals surface area (Å²) in [5.74, 6) is 0. The molecular formula is C15H33NSi. The Morgan fingerprint density at radius 1 is 0.882 bits per heavy atom. The molecule has 0 saturated heterocycles. The van der Waals surface area contributed by atoms with Crippen LogP contribution in [0.25, 0.3) is 0 Å². The average Bonchev–Trinajstić information content (AvgIpc) is 2.22. The highest BCUT2D eigenvalue weighted by Crippen LogP contribution is 2.43. The van der Waals surface area contributed by atoms with Crippen molar-refractivity contribution in [2.45, 2.75) is 78.4 Å². The van der Waals surface area contributed by atoms with Crippen molar-refractivity contribution >= 4 is 8.24 Å². The Labute approximate surface area is 110 Å². The van der Waals surface area contributed by atoms with Crippen molar-refractivity contribution in [3.8, 4) is 0 Å². The Morgan fingerprint density at radius 3 is 1.53 bits per heavy atom. The van der Waals surface area contributed by atoms with E-state index in [0.29, 0.717) is 0 Å². The van der Waals surface area contributed by atoms with Crippen molar-refractivity contribution in [1.29, 1.82) is 0 Å². The third-order valence-corrected chi connectivity index (χ3v) is 11.1. The molecule has 0 atom stereocenters. The quantitative estimate of drug-likeness (QED) is 0.550. The molecule has 0 spiro atoms. The highest BCUT2D eigenvalue weighted by molar-refractivity contribution is 6.81. The van der Waals surface area contributed by atoms with Crippen LogP contribution in [0, 0.1) is 0 Å². The van der Waals surface area contributed by atoms with Crippen LogP contribution in [0.4, 0.5) is 0 Å². The van der Waals surface area contributed by atoms with Gasteiger partial charge in [0.2, 0.25) is 0 Å². The molecule has 0 aromatic carbocycles. The molecule has 0 unspecified atom stereocenters. The van der Waals surface area contributed by atoms with Crippen molar-refractivity contribution in [2.75, 3.05) is 6.54 Å². The number of nitrogens with zero attached hydrogens (tertiary/aromatic N) is 1. The van der Waals surface area contributed by atoms with E-state index in [-0.39, 0.29) is 0 Å². The van der Waals surface area contributed by atoms with Crippen molar-refractivity contribution in [3.63, 3.8) is 0 Å². The van der Waals surface area contributed by atoms with Crippen LogP contribution in [0.1, 0.15) is 61.8 Å². The SMILES string of the molecule is CCC=CN(CC)[Si](C(C)C)(C(C)C)C(C)C. The van der Waals surface area contributed by atoms with E-state index in [0.717, 1.165) is 29.6 Å². The predicted octanol–water partition coefficient (Wildman–Crippen LogP) is 5.41. The Morgan fingerprint density at radius 2 is 1.29 bits per heavy atom. The van der Waals surface area contributed by atoms with Gasteiger partial charge in [0.05, 0.1) is 0 Å². The first-order chi connectivity index (χ1) is 7.85. The minimum atomic E-state index is -1.45. The topological polar surface area (TPSA) is 3.24 Å². The van der Waals surface area contributed by atoms with Crippen molar-refractivity contribution < 1.29 is 0 Å². The van der Waals surface area contributed by atoms with E-state index in [2.05, 4.69) is 72.2 Å². The zero-order valence-electron chi connectivity index (χ0n) is 13.2. The van der Waals surface area contributed by atoms with Gasteiger partial charge in [0.1, 0.15) is 0 Å². The van der Waals surface area contributed by atoms with E-state index in [1.807, 2.05) is 0 Å². The molecule has 0 aliphatic carbocycles. The van der Waals surface area contributed by atoms with Crippen LogP contribution in [-0.4, -0.2) is 19.3 Å². The van der Waals surface area contributed by atoms with Gasteiger partial charge in [-0.3, -0.25) is 0 Å². The van der Waals surface area contributed by atoms with Crippen molar-refractivity contribution in [2.24, 2.45) is 0 Å². The second kappa shape index (κ2) is 7.25. The van der Waals surface area contributed by atoms with Gasteiger partial charge < -0.3 is 4.57 Å². The first kappa shape index (κ1) is 16.8. The lowest BCUT2D eigenvalue weighted by Gasteiger charge is -2.50. The molecular weight excluding hydrogens is 222 g/mol. The third kappa shape index (κ3) is 3.37. The highest BCUT2D eigenvalue weighted by atomic mass is 28.3. The van der Waals surface area contributed by atoms with E-state index in [1.54, 1.807) is 0 Å². The maximum atomic E-state index is 2.70. The van der Waals surface area contributed by atoms with E-state index in [9.17, 15) is 0 Å². The minimum Gasteiger partial charge on any atom is -0.403 e. The van der Waals surface area contributed by atoms with Gasteiger partial charge in [-0.1, -0.05) is 54.5 Å². The molecule has 2 heteroatoms. The highest BCUT2D eigenvalue weighted by Gasteiger charge is 2.46. The van der Waals surface area contributed by atoms with Gasteiger partial charge in [0, 0.05) is 6.54 Å². The van der Waals surface area contributed by atoms with Crippen LogP contribution in [0.15, 0.2) is 12.3 Å². The first-order valence-corrected chi connectivity index (χ1v) is 9.46. The molecule has 0 aliphatic rings. The summed E-state index contributed by atoms with van der Waals surface area (Å²) in [4.78, 5) is 0. The Balaban J connectivity index is 5.46. The van der Waals surface area contributed by atoms with Gasteiger partial charge in [-0.05, 0) is 36.2 Å². The average molecular weight is 256 g/mol. The molecule has 17 heavy (non-hydrogen) atoms. The van der Waals surface area contributed by atoms with Gasteiger partial charge in [-0.25, -0.2) is 0 Å².